The highest BCUT2D eigenvalue weighted by atomic mass is 32.2. The number of amides is 1. The highest BCUT2D eigenvalue weighted by Gasteiger charge is 2.39. The van der Waals surface area contributed by atoms with Gasteiger partial charge in [-0.15, -0.1) is 23.1 Å². The van der Waals surface area contributed by atoms with E-state index in [2.05, 4.69) is 47.7 Å². The van der Waals surface area contributed by atoms with Crippen molar-refractivity contribution in [3.63, 3.8) is 0 Å². The van der Waals surface area contributed by atoms with Crippen molar-refractivity contribution >= 4 is 34.1 Å². The van der Waals surface area contributed by atoms with Crippen molar-refractivity contribution in [2.45, 2.75) is 18.2 Å². The predicted octanol–water partition coefficient (Wildman–Crippen LogP) is 4.13. The summed E-state index contributed by atoms with van der Waals surface area (Å²) in [5.41, 5.74) is 2.00. The van der Waals surface area contributed by atoms with Crippen LogP contribution in [-0.4, -0.2) is 17.1 Å². The van der Waals surface area contributed by atoms with Gasteiger partial charge >= 0.3 is 0 Å². The van der Waals surface area contributed by atoms with E-state index in [1.807, 2.05) is 5.38 Å². The van der Waals surface area contributed by atoms with E-state index in [9.17, 15) is 4.79 Å². The lowest BCUT2D eigenvalue weighted by Crippen LogP contribution is -2.14. The van der Waals surface area contributed by atoms with Gasteiger partial charge < -0.3 is 5.32 Å². The molecule has 104 valence electrons. The minimum Gasteiger partial charge on any atom is -0.302 e. The Morgan fingerprint density at radius 1 is 1.40 bits per heavy atom. The molecule has 1 heterocycles. The van der Waals surface area contributed by atoms with E-state index < -0.39 is 0 Å². The Hall–Kier alpha value is -1.33. The SMILES string of the molecule is CSc1ccc(-c2csc(NC(=O)C3CC3C)n2)cc1. The molecule has 0 radical (unpaired) electrons. The van der Waals surface area contributed by atoms with Crippen LogP contribution >= 0.6 is 23.1 Å². The molecular weight excluding hydrogens is 288 g/mol. The van der Waals surface area contributed by atoms with Crippen LogP contribution in [0.4, 0.5) is 5.13 Å². The van der Waals surface area contributed by atoms with E-state index in [1.165, 1.54) is 16.2 Å². The predicted molar refractivity (Wildman–Crippen MR) is 85.2 cm³/mol. The molecule has 1 fully saturated rings. The third-order valence-corrected chi connectivity index (χ3v) is 5.07. The van der Waals surface area contributed by atoms with Crippen LogP contribution in [0.15, 0.2) is 34.5 Å². The van der Waals surface area contributed by atoms with Crippen LogP contribution in [0.25, 0.3) is 11.3 Å². The van der Waals surface area contributed by atoms with E-state index in [0.29, 0.717) is 11.0 Å². The first-order chi connectivity index (χ1) is 9.67. The summed E-state index contributed by atoms with van der Waals surface area (Å²) in [6, 6.07) is 8.30. The smallest absolute Gasteiger partial charge is 0.229 e. The second-order valence-corrected chi connectivity index (χ2v) is 6.81. The van der Waals surface area contributed by atoms with Crippen LogP contribution in [0, 0.1) is 11.8 Å². The van der Waals surface area contributed by atoms with Crippen molar-refractivity contribution in [3.05, 3.63) is 29.6 Å². The maximum atomic E-state index is 11.9. The summed E-state index contributed by atoms with van der Waals surface area (Å²) in [4.78, 5) is 17.6. The van der Waals surface area contributed by atoms with Crippen LogP contribution in [0.5, 0.6) is 0 Å². The van der Waals surface area contributed by atoms with Gasteiger partial charge in [-0.25, -0.2) is 4.98 Å². The molecule has 0 bridgehead atoms. The number of anilines is 1. The topological polar surface area (TPSA) is 42.0 Å². The van der Waals surface area contributed by atoms with E-state index in [0.717, 1.165) is 17.7 Å². The Labute approximate surface area is 126 Å². The van der Waals surface area contributed by atoms with Crippen molar-refractivity contribution < 1.29 is 4.79 Å². The number of benzene rings is 1. The zero-order valence-electron chi connectivity index (χ0n) is 11.4. The van der Waals surface area contributed by atoms with Gasteiger partial charge in [-0.05, 0) is 30.7 Å². The summed E-state index contributed by atoms with van der Waals surface area (Å²) in [6.45, 7) is 2.10. The first-order valence-electron chi connectivity index (χ1n) is 6.58. The van der Waals surface area contributed by atoms with Crippen molar-refractivity contribution in [1.82, 2.24) is 4.98 Å². The van der Waals surface area contributed by atoms with E-state index in [4.69, 9.17) is 0 Å². The average Bonchev–Trinajstić information content (AvgIpc) is 3.02. The molecule has 1 saturated carbocycles. The fraction of sp³-hybridized carbons (Fsp3) is 0.333. The van der Waals surface area contributed by atoms with E-state index >= 15 is 0 Å². The first-order valence-corrected chi connectivity index (χ1v) is 8.68. The van der Waals surface area contributed by atoms with Gasteiger partial charge in [0, 0.05) is 21.8 Å². The Balaban J connectivity index is 1.70. The lowest BCUT2D eigenvalue weighted by Gasteiger charge is -2.00. The van der Waals surface area contributed by atoms with Crippen molar-refractivity contribution in [3.8, 4) is 11.3 Å². The minimum absolute atomic E-state index is 0.108. The molecule has 3 nitrogen and oxygen atoms in total. The second-order valence-electron chi connectivity index (χ2n) is 5.08. The molecule has 20 heavy (non-hydrogen) atoms. The molecule has 2 aromatic rings. The monoisotopic (exact) mass is 304 g/mol. The van der Waals surface area contributed by atoms with Gasteiger partial charge in [0.05, 0.1) is 5.69 Å². The molecule has 0 spiro atoms. The lowest BCUT2D eigenvalue weighted by atomic mass is 10.2. The summed E-state index contributed by atoms with van der Waals surface area (Å²) >= 11 is 3.20. The summed E-state index contributed by atoms with van der Waals surface area (Å²) < 4.78 is 0. The average molecular weight is 304 g/mol. The zero-order chi connectivity index (χ0) is 14.1. The number of nitrogens with zero attached hydrogens (tertiary/aromatic N) is 1. The zero-order valence-corrected chi connectivity index (χ0v) is 13.1. The molecule has 1 aliphatic carbocycles. The molecule has 1 N–H and O–H groups in total. The third kappa shape index (κ3) is 2.88. The van der Waals surface area contributed by atoms with Crippen LogP contribution in [0.2, 0.25) is 0 Å². The number of thiazole rings is 1. The van der Waals surface area contributed by atoms with Gasteiger partial charge in [-0.1, -0.05) is 19.1 Å². The fourth-order valence-electron chi connectivity index (χ4n) is 2.11. The van der Waals surface area contributed by atoms with Crippen LogP contribution < -0.4 is 5.32 Å². The molecule has 2 unspecified atom stereocenters. The summed E-state index contributed by atoms with van der Waals surface area (Å²) in [5, 5.41) is 5.59. The molecule has 1 aromatic heterocycles. The normalized spacial score (nSPS) is 20.7. The van der Waals surface area contributed by atoms with Gasteiger partial charge in [0.25, 0.3) is 0 Å². The first kappa shape index (κ1) is 13.6. The van der Waals surface area contributed by atoms with Gasteiger partial charge in [-0.2, -0.15) is 0 Å². The van der Waals surface area contributed by atoms with Crippen molar-refractivity contribution in [2.75, 3.05) is 11.6 Å². The molecule has 1 aliphatic rings. The molecule has 3 rings (SSSR count). The summed E-state index contributed by atoms with van der Waals surface area (Å²) in [6.07, 6.45) is 3.06. The number of thioether (sulfide) groups is 1. The van der Waals surface area contributed by atoms with Crippen LogP contribution in [0.3, 0.4) is 0 Å². The standard InChI is InChI=1S/C15H16N2OS2/c1-9-7-12(9)14(18)17-15-16-13(8-20-15)10-3-5-11(19-2)6-4-10/h3-6,8-9,12H,7H2,1-2H3,(H,16,17,18). The molecule has 1 amide bonds. The van der Waals surface area contributed by atoms with Gasteiger partial charge in [0.1, 0.15) is 0 Å². The third-order valence-electron chi connectivity index (χ3n) is 3.57. The minimum atomic E-state index is 0.108. The molecule has 2 atom stereocenters. The molecule has 1 aromatic carbocycles. The lowest BCUT2D eigenvalue weighted by molar-refractivity contribution is -0.117. The quantitative estimate of drug-likeness (QED) is 0.864. The van der Waals surface area contributed by atoms with E-state index in [1.54, 1.807) is 11.8 Å². The highest BCUT2D eigenvalue weighted by molar-refractivity contribution is 7.98. The number of hydrogen-bond acceptors (Lipinski definition) is 4. The fourth-order valence-corrected chi connectivity index (χ4v) is 3.24. The highest BCUT2D eigenvalue weighted by Crippen LogP contribution is 2.38. The van der Waals surface area contributed by atoms with Gasteiger partial charge in [0.2, 0.25) is 5.91 Å². The Morgan fingerprint density at radius 2 is 2.10 bits per heavy atom. The number of rotatable bonds is 4. The number of hydrogen-bond donors (Lipinski definition) is 1. The van der Waals surface area contributed by atoms with Crippen molar-refractivity contribution in [1.29, 1.82) is 0 Å². The van der Waals surface area contributed by atoms with Gasteiger partial charge in [0.15, 0.2) is 5.13 Å². The maximum Gasteiger partial charge on any atom is 0.229 e. The van der Waals surface area contributed by atoms with Gasteiger partial charge in [-0.3, -0.25) is 4.79 Å². The molecular formula is C15H16N2OS2. The maximum absolute atomic E-state index is 11.9. The largest absolute Gasteiger partial charge is 0.302 e. The number of aromatic nitrogens is 1. The van der Waals surface area contributed by atoms with Crippen LogP contribution in [-0.2, 0) is 4.79 Å². The number of carbonyl (C=O) groups excluding carboxylic acids is 1. The Kier molecular flexibility index (Phi) is 3.81. The second kappa shape index (κ2) is 5.58. The summed E-state index contributed by atoms with van der Waals surface area (Å²) in [7, 11) is 0. The van der Waals surface area contributed by atoms with Crippen LogP contribution in [0.1, 0.15) is 13.3 Å². The van der Waals surface area contributed by atoms with E-state index in [-0.39, 0.29) is 11.8 Å². The molecule has 0 saturated heterocycles. The summed E-state index contributed by atoms with van der Waals surface area (Å²) in [5.74, 6) is 0.813. The number of nitrogens with one attached hydrogen (secondary N) is 1. The molecule has 0 aliphatic heterocycles. The number of carbonyl (C=O) groups is 1. The molecule has 5 heteroatoms. The Bertz CT molecular complexity index is 621. The van der Waals surface area contributed by atoms with Crippen molar-refractivity contribution in [2.24, 2.45) is 11.8 Å². The Morgan fingerprint density at radius 3 is 2.70 bits per heavy atom.